The number of hydrogen-bond donors (Lipinski definition) is 2. The topological polar surface area (TPSA) is 32.3 Å². The van der Waals surface area contributed by atoms with Crippen LogP contribution >= 0.6 is 0 Å². The smallest absolute Gasteiger partial charge is 0.0728 e. The molecule has 1 saturated carbocycles. The van der Waals surface area contributed by atoms with Gasteiger partial charge in [-0.2, -0.15) is 0 Å². The molecular formula is C16H25NO. The van der Waals surface area contributed by atoms with Crippen LogP contribution in [0.2, 0.25) is 0 Å². The van der Waals surface area contributed by atoms with Gasteiger partial charge in [0.1, 0.15) is 0 Å². The van der Waals surface area contributed by atoms with Crippen molar-refractivity contribution in [3.63, 3.8) is 0 Å². The van der Waals surface area contributed by atoms with Gasteiger partial charge in [-0.15, -0.1) is 0 Å². The van der Waals surface area contributed by atoms with Gasteiger partial charge in [0.2, 0.25) is 0 Å². The molecule has 0 amide bonds. The van der Waals surface area contributed by atoms with E-state index in [-0.39, 0.29) is 5.92 Å². The maximum atomic E-state index is 10.9. The van der Waals surface area contributed by atoms with Crippen molar-refractivity contribution < 1.29 is 5.11 Å². The lowest BCUT2D eigenvalue weighted by Crippen LogP contribution is -2.42. The molecule has 1 atom stereocenters. The van der Waals surface area contributed by atoms with Crippen LogP contribution in [0.25, 0.3) is 0 Å². The van der Waals surface area contributed by atoms with Crippen molar-refractivity contribution in [2.24, 2.45) is 0 Å². The molecule has 2 rings (SSSR count). The van der Waals surface area contributed by atoms with Crippen molar-refractivity contribution in [3.8, 4) is 0 Å². The van der Waals surface area contributed by atoms with Crippen molar-refractivity contribution in [3.05, 3.63) is 35.4 Å². The zero-order chi connectivity index (χ0) is 13.0. The molecule has 18 heavy (non-hydrogen) atoms. The standard InChI is InChI=1S/C16H25NO/c1-13-6-8-14(9-7-13)15(12-17-2)16(18)10-4-3-5-11-16/h6-9,15,17-18H,3-5,10-12H2,1-2H3. The van der Waals surface area contributed by atoms with Crippen LogP contribution in [0.1, 0.15) is 49.1 Å². The van der Waals surface area contributed by atoms with Crippen molar-refractivity contribution in [2.75, 3.05) is 13.6 Å². The van der Waals surface area contributed by atoms with E-state index in [1.165, 1.54) is 17.5 Å². The maximum Gasteiger partial charge on any atom is 0.0728 e. The summed E-state index contributed by atoms with van der Waals surface area (Å²) < 4.78 is 0. The van der Waals surface area contributed by atoms with Gasteiger partial charge in [0.05, 0.1) is 5.60 Å². The lowest BCUT2D eigenvalue weighted by atomic mass is 9.72. The van der Waals surface area contributed by atoms with E-state index in [0.717, 1.165) is 32.2 Å². The van der Waals surface area contributed by atoms with Gasteiger partial charge in [-0.05, 0) is 32.4 Å². The van der Waals surface area contributed by atoms with Gasteiger partial charge in [0.25, 0.3) is 0 Å². The molecule has 0 bridgehead atoms. The highest BCUT2D eigenvalue weighted by Gasteiger charge is 2.38. The summed E-state index contributed by atoms with van der Waals surface area (Å²) in [6.07, 6.45) is 5.45. The van der Waals surface area contributed by atoms with E-state index in [9.17, 15) is 5.11 Å². The first-order valence-electron chi connectivity index (χ1n) is 7.09. The molecule has 2 nitrogen and oxygen atoms in total. The summed E-state index contributed by atoms with van der Waals surface area (Å²) in [4.78, 5) is 0. The SMILES string of the molecule is CNCC(c1ccc(C)cc1)C1(O)CCCCC1. The van der Waals surface area contributed by atoms with Crippen LogP contribution in [0.15, 0.2) is 24.3 Å². The number of aliphatic hydroxyl groups is 1. The Morgan fingerprint density at radius 3 is 2.33 bits per heavy atom. The third-order valence-corrected chi connectivity index (χ3v) is 4.26. The highest BCUT2D eigenvalue weighted by atomic mass is 16.3. The van der Waals surface area contributed by atoms with E-state index in [2.05, 4.69) is 36.5 Å². The van der Waals surface area contributed by atoms with Gasteiger partial charge in [-0.3, -0.25) is 0 Å². The molecule has 1 aliphatic carbocycles. The zero-order valence-corrected chi connectivity index (χ0v) is 11.6. The summed E-state index contributed by atoms with van der Waals surface area (Å²) >= 11 is 0. The summed E-state index contributed by atoms with van der Waals surface area (Å²) in [7, 11) is 1.97. The summed E-state index contributed by atoms with van der Waals surface area (Å²) in [6.45, 7) is 2.95. The van der Waals surface area contributed by atoms with E-state index >= 15 is 0 Å². The summed E-state index contributed by atoms with van der Waals surface area (Å²) in [5.41, 5.74) is 2.02. The van der Waals surface area contributed by atoms with Crippen molar-refractivity contribution in [1.29, 1.82) is 0 Å². The van der Waals surface area contributed by atoms with E-state index in [1.807, 2.05) is 7.05 Å². The van der Waals surface area contributed by atoms with Gasteiger partial charge < -0.3 is 10.4 Å². The van der Waals surface area contributed by atoms with E-state index < -0.39 is 5.60 Å². The molecule has 0 spiro atoms. The molecule has 1 unspecified atom stereocenters. The Hall–Kier alpha value is -0.860. The van der Waals surface area contributed by atoms with Gasteiger partial charge in [0.15, 0.2) is 0 Å². The van der Waals surface area contributed by atoms with Crippen LogP contribution in [0, 0.1) is 6.92 Å². The largest absolute Gasteiger partial charge is 0.389 e. The van der Waals surface area contributed by atoms with Gasteiger partial charge >= 0.3 is 0 Å². The van der Waals surface area contributed by atoms with Crippen LogP contribution in [-0.4, -0.2) is 24.3 Å². The van der Waals surface area contributed by atoms with E-state index in [0.29, 0.717) is 0 Å². The Kier molecular flexibility index (Phi) is 4.41. The average Bonchev–Trinajstić information content (AvgIpc) is 2.38. The molecular weight excluding hydrogens is 222 g/mol. The minimum Gasteiger partial charge on any atom is -0.389 e. The zero-order valence-electron chi connectivity index (χ0n) is 11.6. The fourth-order valence-electron chi connectivity index (χ4n) is 3.13. The molecule has 1 aromatic rings. The highest BCUT2D eigenvalue weighted by Crippen LogP contribution is 2.39. The normalized spacial score (nSPS) is 20.6. The Labute approximate surface area is 110 Å². The first-order chi connectivity index (χ1) is 8.65. The first kappa shape index (κ1) is 13.6. The minimum absolute atomic E-state index is 0.211. The highest BCUT2D eigenvalue weighted by molar-refractivity contribution is 5.27. The number of aryl methyl sites for hydroxylation is 1. The number of benzene rings is 1. The molecule has 0 heterocycles. The van der Waals surface area contributed by atoms with Crippen LogP contribution in [0.5, 0.6) is 0 Å². The fourth-order valence-corrected chi connectivity index (χ4v) is 3.13. The Bertz CT molecular complexity index is 365. The minimum atomic E-state index is -0.517. The molecule has 0 radical (unpaired) electrons. The summed E-state index contributed by atoms with van der Waals surface area (Å²) in [5, 5.41) is 14.2. The van der Waals surface area contributed by atoms with E-state index in [4.69, 9.17) is 0 Å². The number of likely N-dealkylation sites (N-methyl/N-ethyl adjacent to an activating group) is 1. The molecule has 1 aromatic carbocycles. The van der Waals surface area contributed by atoms with Gasteiger partial charge in [-0.1, -0.05) is 49.1 Å². The fraction of sp³-hybridized carbons (Fsp3) is 0.625. The predicted octanol–water partition coefficient (Wildman–Crippen LogP) is 2.99. The van der Waals surface area contributed by atoms with E-state index in [1.54, 1.807) is 0 Å². The van der Waals surface area contributed by atoms with Crippen LogP contribution in [0.4, 0.5) is 0 Å². The molecule has 100 valence electrons. The van der Waals surface area contributed by atoms with Crippen LogP contribution in [0.3, 0.4) is 0 Å². The molecule has 2 N–H and O–H groups in total. The monoisotopic (exact) mass is 247 g/mol. The molecule has 0 aromatic heterocycles. The second-order valence-corrected chi connectivity index (χ2v) is 5.69. The number of hydrogen-bond acceptors (Lipinski definition) is 2. The second kappa shape index (κ2) is 5.85. The second-order valence-electron chi connectivity index (χ2n) is 5.69. The van der Waals surface area contributed by atoms with Crippen LogP contribution in [-0.2, 0) is 0 Å². The lowest BCUT2D eigenvalue weighted by molar-refractivity contribution is -0.0211. The van der Waals surface area contributed by atoms with Gasteiger partial charge in [-0.25, -0.2) is 0 Å². The van der Waals surface area contributed by atoms with Crippen molar-refractivity contribution >= 4 is 0 Å². The summed E-state index contributed by atoms with van der Waals surface area (Å²) in [5.74, 6) is 0.211. The van der Waals surface area contributed by atoms with Gasteiger partial charge in [0, 0.05) is 12.5 Å². The lowest BCUT2D eigenvalue weighted by Gasteiger charge is -2.39. The number of rotatable bonds is 4. The molecule has 1 aliphatic rings. The van der Waals surface area contributed by atoms with Crippen molar-refractivity contribution in [1.82, 2.24) is 5.32 Å². The molecule has 2 heteroatoms. The molecule has 0 saturated heterocycles. The Balaban J connectivity index is 2.23. The maximum absolute atomic E-state index is 10.9. The van der Waals surface area contributed by atoms with Crippen molar-refractivity contribution in [2.45, 2.75) is 50.5 Å². The molecule has 0 aliphatic heterocycles. The molecule has 1 fully saturated rings. The Morgan fingerprint density at radius 1 is 1.17 bits per heavy atom. The third-order valence-electron chi connectivity index (χ3n) is 4.26. The first-order valence-corrected chi connectivity index (χ1v) is 7.09. The number of nitrogens with one attached hydrogen (secondary N) is 1. The predicted molar refractivity (Wildman–Crippen MR) is 75.9 cm³/mol. The quantitative estimate of drug-likeness (QED) is 0.857. The Morgan fingerprint density at radius 2 is 1.78 bits per heavy atom. The average molecular weight is 247 g/mol. The van der Waals surface area contributed by atoms with Crippen LogP contribution < -0.4 is 5.32 Å². The third kappa shape index (κ3) is 2.93. The summed E-state index contributed by atoms with van der Waals surface area (Å²) in [6, 6.07) is 8.63.